The van der Waals surface area contributed by atoms with Gasteiger partial charge in [-0.15, -0.1) is 0 Å². The maximum atomic E-state index is 5.24. The van der Waals surface area contributed by atoms with Crippen molar-refractivity contribution in [3.63, 3.8) is 0 Å². The summed E-state index contributed by atoms with van der Waals surface area (Å²) in [5.74, 6) is 0.847. The summed E-state index contributed by atoms with van der Waals surface area (Å²) in [6.45, 7) is 0. The Labute approximate surface area is 140 Å². The topological polar surface area (TPSA) is 35.0 Å². The van der Waals surface area contributed by atoms with Crippen LogP contribution in [0.2, 0.25) is 0 Å². The summed E-state index contributed by atoms with van der Waals surface area (Å²) >= 11 is 1.51. The first-order valence-corrected chi connectivity index (χ1v) is 8.08. The SMILES string of the molecule is COc1ccc(/C(=C\Sc2ncccn2)c2ccccc2)cc1. The normalized spacial score (nSPS) is 11.3. The summed E-state index contributed by atoms with van der Waals surface area (Å²) < 4.78 is 5.24. The van der Waals surface area contributed by atoms with Gasteiger partial charge >= 0.3 is 0 Å². The fraction of sp³-hybridized carbons (Fsp3) is 0.0526. The molecule has 4 heteroatoms. The molecule has 0 amide bonds. The van der Waals surface area contributed by atoms with Gasteiger partial charge in [0.25, 0.3) is 0 Å². The van der Waals surface area contributed by atoms with Crippen LogP contribution < -0.4 is 4.74 Å². The molecule has 3 rings (SSSR count). The van der Waals surface area contributed by atoms with Crippen LogP contribution >= 0.6 is 11.8 Å². The third-order valence-electron chi connectivity index (χ3n) is 3.31. The number of thioether (sulfide) groups is 1. The van der Waals surface area contributed by atoms with Gasteiger partial charge in [-0.3, -0.25) is 0 Å². The van der Waals surface area contributed by atoms with Gasteiger partial charge in [-0.1, -0.05) is 54.2 Å². The number of aromatic nitrogens is 2. The van der Waals surface area contributed by atoms with Gasteiger partial charge in [-0.2, -0.15) is 0 Å². The second-order valence-electron chi connectivity index (χ2n) is 4.78. The molecule has 0 fully saturated rings. The highest BCUT2D eigenvalue weighted by Crippen LogP contribution is 2.29. The molecule has 0 spiro atoms. The summed E-state index contributed by atoms with van der Waals surface area (Å²) in [5.41, 5.74) is 3.41. The molecule has 0 saturated carbocycles. The van der Waals surface area contributed by atoms with Crippen LogP contribution in [0.3, 0.4) is 0 Å². The zero-order valence-corrected chi connectivity index (χ0v) is 13.5. The highest BCUT2D eigenvalue weighted by atomic mass is 32.2. The number of hydrogen-bond donors (Lipinski definition) is 0. The molecule has 3 nitrogen and oxygen atoms in total. The predicted octanol–water partition coefficient (Wildman–Crippen LogP) is 4.67. The van der Waals surface area contributed by atoms with Gasteiger partial charge < -0.3 is 4.74 Å². The quantitative estimate of drug-likeness (QED) is 0.505. The van der Waals surface area contributed by atoms with E-state index in [1.54, 1.807) is 19.5 Å². The van der Waals surface area contributed by atoms with Gasteiger partial charge in [-0.05, 0) is 40.3 Å². The minimum absolute atomic E-state index is 0.731. The fourth-order valence-corrected chi connectivity index (χ4v) is 2.89. The van der Waals surface area contributed by atoms with E-state index in [1.807, 2.05) is 36.4 Å². The Kier molecular flexibility index (Phi) is 5.06. The second kappa shape index (κ2) is 7.61. The van der Waals surface area contributed by atoms with Crippen molar-refractivity contribution in [1.29, 1.82) is 0 Å². The summed E-state index contributed by atoms with van der Waals surface area (Å²) in [7, 11) is 1.67. The van der Waals surface area contributed by atoms with Crippen LogP contribution in [0.1, 0.15) is 11.1 Å². The summed E-state index contributed by atoms with van der Waals surface area (Å²) in [4.78, 5) is 8.51. The Morgan fingerprint density at radius 2 is 1.52 bits per heavy atom. The average molecular weight is 320 g/mol. The summed E-state index contributed by atoms with van der Waals surface area (Å²) in [6.07, 6.45) is 3.50. The lowest BCUT2D eigenvalue weighted by atomic mass is 10.00. The molecule has 0 bridgehead atoms. The lowest BCUT2D eigenvalue weighted by molar-refractivity contribution is 0.415. The van der Waals surface area contributed by atoms with Gasteiger partial charge in [0.1, 0.15) is 5.75 Å². The van der Waals surface area contributed by atoms with E-state index >= 15 is 0 Å². The van der Waals surface area contributed by atoms with Crippen LogP contribution in [0.5, 0.6) is 5.75 Å². The minimum atomic E-state index is 0.731. The standard InChI is InChI=1S/C19H16N2OS/c1-22-17-10-8-16(9-11-17)18(15-6-3-2-4-7-15)14-23-19-20-12-5-13-21-19/h2-14H,1H3/b18-14-. The molecule has 0 unspecified atom stereocenters. The van der Waals surface area contributed by atoms with Crippen LogP contribution in [0.4, 0.5) is 0 Å². The van der Waals surface area contributed by atoms with Crippen LogP contribution in [0, 0.1) is 0 Å². The van der Waals surface area contributed by atoms with E-state index in [0.29, 0.717) is 0 Å². The molecule has 3 aromatic rings. The van der Waals surface area contributed by atoms with Gasteiger partial charge in [0, 0.05) is 12.4 Å². The molecule has 0 aliphatic carbocycles. The Balaban J connectivity index is 1.96. The van der Waals surface area contributed by atoms with Crippen LogP contribution in [0.15, 0.2) is 83.6 Å². The maximum Gasteiger partial charge on any atom is 0.191 e. The number of benzene rings is 2. The lowest BCUT2D eigenvalue weighted by Crippen LogP contribution is -1.89. The summed E-state index contributed by atoms with van der Waals surface area (Å²) in [6, 6.07) is 20.2. The van der Waals surface area contributed by atoms with Gasteiger partial charge in [0.15, 0.2) is 5.16 Å². The molecule has 0 atom stereocenters. The van der Waals surface area contributed by atoms with E-state index in [1.165, 1.54) is 11.8 Å². The zero-order valence-electron chi connectivity index (χ0n) is 12.7. The van der Waals surface area contributed by atoms with Crippen LogP contribution in [-0.2, 0) is 0 Å². The van der Waals surface area contributed by atoms with Crippen molar-refractivity contribution in [3.8, 4) is 5.75 Å². The molecule has 0 radical (unpaired) electrons. The predicted molar refractivity (Wildman–Crippen MR) is 94.4 cm³/mol. The highest BCUT2D eigenvalue weighted by Gasteiger charge is 2.06. The molecule has 2 aromatic carbocycles. The van der Waals surface area contributed by atoms with Crippen LogP contribution in [0.25, 0.3) is 5.57 Å². The van der Waals surface area contributed by atoms with Crippen molar-refractivity contribution in [2.45, 2.75) is 5.16 Å². The van der Waals surface area contributed by atoms with Crippen molar-refractivity contribution >= 4 is 17.3 Å². The average Bonchev–Trinajstić information content (AvgIpc) is 2.64. The Morgan fingerprint density at radius 3 is 2.17 bits per heavy atom. The Hall–Kier alpha value is -2.59. The monoisotopic (exact) mass is 320 g/mol. The smallest absolute Gasteiger partial charge is 0.191 e. The van der Waals surface area contributed by atoms with E-state index in [2.05, 4.69) is 39.6 Å². The number of ether oxygens (including phenoxy) is 1. The van der Waals surface area contributed by atoms with E-state index in [0.717, 1.165) is 27.6 Å². The molecule has 0 aliphatic rings. The van der Waals surface area contributed by atoms with Crippen molar-refractivity contribution in [3.05, 3.63) is 89.6 Å². The number of rotatable bonds is 5. The first-order valence-electron chi connectivity index (χ1n) is 7.20. The largest absolute Gasteiger partial charge is 0.497 e. The second-order valence-corrected chi connectivity index (χ2v) is 5.61. The highest BCUT2D eigenvalue weighted by molar-refractivity contribution is 8.02. The maximum absolute atomic E-state index is 5.24. The molecule has 23 heavy (non-hydrogen) atoms. The van der Waals surface area contributed by atoms with E-state index in [4.69, 9.17) is 4.74 Å². The third kappa shape index (κ3) is 3.99. The molecule has 114 valence electrons. The van der Waals surface area contributed by atoms with Gasteiger partial charge in [0.2, 0.25) is 0 Å². The van der Waals surface area contributed by atoms with Gasteiger partial charge in [-0.25, -0.2) is 9.97 Å². The van der Waals surface area contributed by atoms with E-state index in [9.17, 15) is 0 Å². The summed E-state index contributed by atoms with van der Waals surface area (Å²) in [5, 5.41) is 2.82. The van der Waals surface area contributed by atoms with Gasteiger partial charge in [0.05, 0.1) is 7.11 Å². The van der Waals surface area contributed by atoms with Crippen molar-refractivity contribution in [2.75, 3.05) is 7.11 Å². The molecule has 1 aromatic heterocycles. The molecule has 0 aliphatic heterocycles. The first kappa shape index (κ1) is 15.3. The fourth-order valence-electron chi connectivity index (χ4n) is 2.15. The van der Waals surface area contributed by atoms with Crippen LogP contribution in [-0.4, -0.2) is 17.1 Å². The first-order chi connectivity index (χ1) is 11.4. The molecule has 0 saturated heterocycles. The Morgan fingerprint density at radius 1 is 0.870 bits per heavy atom. The molecule has 0 N–H and O–H groups in total. The lowest BCUT2D eigenvalue weighted by Gasteiger charge is -2.09. The van der Waals surface area contributed by atoms with Crippen molar-refractivity contribution < 1.29 is 4.74 Å². The number of methoxy groups -OCH3 is 1. The minimum Gasteiger partial charge on any atom is -0.497 e. The van der Waals surface area contributed by atoms with Crippen molar-refractivity contribution in [2.24, 2.45) is 0 Å². The van der Waals surface area contributed by atoms with E-state index < -0.39 is 0 Å². The number of hydrogen-bond acceptors (Lipinski definition) is 4. The molecular formula is C19H16N2OS. The van der Waals surface area contributed by atoms with E-state index in [-0.39, 0.29) is 0 Å². The third-order valence-corrected chi connectivity index (χ3v) is 4.09. The molecular weight excluding hydrogens is 304 g/mol. The zero-order chi connectivity index (χ0) is 15.9. The molecule has 1 heterocycles. The Bertz CT molecular complexity index is 771. The number of nitrogens with zero attached hydrogens (tertiary/aromatic N) is 2. The van der Waals surface area contributed by atoms with Crippen molar-refractivity contribution in [1.82, 2.24) is 9.97 Å².